The van der Waals surface area contributed by atoms with Gasteiger partial charge in [-0.2, -0.15) is 18.3 Å². The van der Waals surface area contributed by atoms with E-state index >= 15 is 4.39 Å². The number of piperazine rings is 1. The van der Waals surface area contributed by atoms with Gasteiger partial charge in [-0.3, -0.25) is 9.69 Å². The van der Waals surface area contributed by atoms with E-state index in [0.717, 1.165) is 17.7 Å². The molecule has 216 valence electrons. The fourth-order valence-corrected chi connectivity index (χ4v) is 5.32. The van der Waals surface area contributed by atoms with Crippen LogP contribution >= 0.6 is 0 Å². The number of likely N-dealkylation sites (N-methyl/N-ethyl adjacent to an activating group) is 1. The maximum atomic E-state index is 15.3. The fraction of sp³-hybridized carbons (Fsp3) is 0.615. The number of ether oxygens (including phenoxy) is 1. The Balaban J connectivity index is 1.75. The van der Waals surface area contributed by atoms with Gasteiger partial charge in [0.1, 0.15) is 6.10 Å². The number of hydrogen-bond donors (Lipinski definition) is 1. The summed E-state index contributed by atoms with van der Waals surface area (Å²) in [4.78, 5) is 17.4. The Morgan fingerprint density at radius 2 is 1.87 bits per heavy atom. The molecule has 1 aromatic carbocycles. The van der Waals surface area contributed by atoms with Gasteiger partial charge in [0.2, 0.25) is 0 Å². The minimum absolute atomic E-state index is 0.0344. The molecule has 3 heterocycles. The second-order valence-electron chi connectivity index (χ2n) is 10.6. The molecule has 0 saturated carbocycles. The summed E-state index contributed by atoms with van der Waals surface area (Å²) >= 11 is 0. The van der Waals surface area contributed by atoms with Crippen molar-refractivity contribution in [1.82, 2.24) is 19.6 Å². The van der Waals surface area contributed by atoms with E-state index in [2.05, 4.69) is 15.3 Å². The molecule has 7 nitrogen and oxygen atoms in total. The Bertz CT molecular complexity index is 1210. The molecule has 5 atom stereocenters. The van der Waals surface area contributed by atoms with Crippen LogP contribution in [0.5, 0.6) is 0 Å². The van der Waals surface area contributed by atoms with Crippen molar-refractivity contribution >= 4 is 11.6 Å². The van der Waals surface area contributed by atoms with Crippen molar-refractivity contribution in [2.24, 2.45) is 5.92 Å². The maximum Gasteiger partial charge on any atom is 0.417 e. The van der Waals surface area contributed by atoms with Gasteiger partial charge in [0.15, 0.2) is 23.5 Å². The lowest BCUT2D eigenvalue weighted by Gasteiger charge is -2.34. The average Bonchev–Trinajstić information content (AvgIpc) is 3.36. The number of alkyl halides is 4. The van der Waals surface area contributed by atoms with Gasteiger partial charge in [0.05, 0.1) is 17.6 Å². The molecule has 2 aliphatic heterocycles. The zero-order chi connectivity index (χ0) is 28.9. The summed E-state index contributed by atoms with van der Waals surface area (Å²) in [6, 6.07) is 2.10. The minimum atomic E-state index is -4.86. The molecule has 2 saturated heterocycles. The van der Waals surface area contributed by atoms with E-state index < -0.39 is 53.6 Å². The Morgan fingerprint density at radius 3 is 2.44 bits per heavy atom. The summed E-state index contributed by atoms with van der Waals surface area (Å²) in [6.07, 6.45) is -6.84. The van der Waals surface area contributed by atoms with Gasteiger partial charge in [-0.25, -0.2) is 17.9 Å². The second kappa shape index (κ2) is 10.7. The summed E-state index contributed by atoms with van der Waals surface area (Å²) in [5.74, 6) is -5.81. The number of anilines is 1. The van der Waals surface area contributed by atoms with Gasteiger partial charge in [-0.15, -0.1) is 0 Å². The highest BCUT2D eigenvalue weighted by atomic mass is 19.4. The molecule has 0 bridgehead atoms. The molecule has 2 aliphatic rings. The van der Waals surface area contributed by atoms with Crippen molar-refractivity contribution in [3.63, 3.8) is 0 Å². The summed E-state index contributed by atoms with van der Waals surface area (Å²) in [6.45, 7) is 7.35. The van der Waals surface area contributed by atoms with E-state index in [1.807, 2.05) is 11.9 Å². The third kappa shape index (κ3) is 5.53. The van der Waals surface area contributed by atoms with Gasteiger partial charge >= 0.3 is 6.18 Å². The molecule has 0 radical (unpaired) electrons. The lowest BCUT2D eigenvalue weighted by Crippen LogP contribution is -2.47. The van der Waals surface area contributed by atoms with Crippen LogP contribution in [0.2, 0.25) is 0 Å². The highest BCUT2D eigenvalue weighted by molar-refractivity contribution is 5.95. The topological polar surface area (TPSA) is 62.6 Å². The Kier molecular flexibility index (Phi) is 8.08. The molecule has 1 aromatic heterocycles. The molecule has 13 heteroatoms. The Morgan fingerprint density at radius 1 is 1.23 bits per heavy atom. The number of carbonyl (C=O) groups excluding carboxylic acids is 1. The lowest BCUT2D eigenvalue weighted by atomic mass is 9.75. The normalized spacial score (nSPS) is 27.6. The number of carbonyl (C=O) groups is 1. The smallest absolute Gasteiger partial charge is 0.352 e. The SMILES string of the molecule is Cc1nn(C(C)F)cc1NC(=O)[C@@H]1O[C@@](C)(C(F)(F)F)[C@@H](C)[C@H]1c1ccc(F)c(F)c1CN1CCN(C)CC1. The van der Waals surface area contributed by atoms with E-state index in [-0.39, 0.29) is 29.1 Å². The summed E-state index contributed by atoms with van der Waals surface area (Å²) in [7, 11) is 1.93. The Labute approximate surface area is 223 Å². The molecular formula is C26H33F6N5O2. The molecule has 39 heavy (non-hydrogen) atoms. The third-order valence-corrected chi connectivity index (χ3v) is 8.03. The highest BCUT2D eigenvalue weighted by Gasteiger charge is 2.65. The number of nitrogens with zero attached hydrogens (tertiary/aromatic N) is 4. The highest BCUT2D eigenvalue weighted by Crippen LogP contribution is 2.54. The number of amides is 1. The number of hydrogen-bond acceptors (Lipinski definition) is 5. The molecule has 1 unspecified atom stereocenters. The number of aryl methyl sites for hydroxylation is 1. The summed E-state index contributed by atoms with van der Waals surface area (Å²) < 4.78 is 92.8. The van der Waals surface area contributed by atoms with Crippen LogP contribution in [-0.2, 0) is 16.1 Å². The molecule has 1 amide bonds. The molecule has 2 aromatic rings. The number of halogens is 6. The molecule has 0 spiro atoms. The second-order valence-corrected chi connectivity index (χ2v) is 10.6. The maximum absolute atomic E-state index is 15.3. The van der Waals surface area contributed by atoms with Crippen LogP contribution in [0.3, 0.4) is 0 Å². The van der Waals surface area contributed by atoms with Crippen molar-refractivity contribution in [3.8, 4) is 0 Å². The first-order chi connectivity index (χ1) is 18.1. The zero-order valence-electron chi connectivity index (χ0n) is 22.5. The number of nitrogens with one attached hydrogen (secondary N) is 1. The number of aromatic nitrogens is 2. The molecule has 1 N–H and O–H groups in total. The van der Waals surface area contributed by atoms with Crippen molar-refractivity contribution in [2.45, 2.75) is 64.3 Å². The molecule has 4 rings (SSSR count). The van der Waals surface area contributed by atoms with Crippen LogP contribution in [0.1, 0.15) is 49.8 Å². The van der Waals surface area contributed by atoms with Crippen LogP contribution in [0, 0.1) is 24.5 Å². The molecule has 0 aliphatic carbocycles. The standard InChI is InChI=1S/C26H33F6N5O2/c1-14-21(17-6-7-19(28)22(29)18(17)12-36-10-8-35(5)9-11-36)23(39-25(14,4)26(30,31)32)24(38)33-20-13-37(16(3)27)34-15(20)2/h6-7,13-14,16,21,23H,8-12H2,1-5H3,(H,33,38)/t14-,16?,21-,23+,25+/m0/s1. The van der Waals surface area contributed by atoms with Crippen LogP contribution < -0.4 is 5.32 Å². The van der Waals surface area contributed by atoms with Gasteiger partial charge < -0.3 is 15.0 Å². The van der Waals surface area contributed by atoms with Crippen LogP contribution in [-0.4, -0.2) is 76.6 Å². The first kappa shape index (κ1) is 29.3. The molecular weight excluding hydrogens is 528 g/mol. The minimum Gasteiger partial charge on any atom is -0.352 e. The third-order valence-electron chi connectivity index (χ3n) is 8.03. The average molecular weight is 562 g/mol. The van der Waals surface area contributed by atoms with Gasteiger partial charge in [-0.1, -0.05) is 13.0 Å². The van der Waals surface area contributed by atoms with E-state index in [0.29, 0.717) is 26.2 Å². The first-order valence-corrected chi connectivity index (χ1v) is 12.8. The van der Waals surface area contributed by atoms with Crippen LogP contribution in [0.25, 0.3) is 0 Å². The van der Waals surface area contributed by atoms with Crippen LogP contribution in [0.15, 0.2) is 18.3 Å². The van der Waals surface area contributed by atoms with Gasteiger partial charge in [0.25, 0.3) is 5.91 Å². The number of benzene rings is 1. The van der Waals surface area contributed by atoms with Gasteiger partial charge in [-0.05, 0) is 39.4 Å². The van der Waals surface area contributed by atoms with E-state index in [9.17, 15) is 26.7 Å². The van der Waals surface area contributed by atoms with Crippen molar-refractivity contribution < 1.29 is 35.9 Å². The Hall–Kier alpha value is -2.64. The lowest BCUT2D eigenvalue weighted by molar-refractivity contribution is -0.272. The van der Waals surface area contributed by atoms with E-state index in [1.54, 1.807) is 0 Å². The monoisotopic (exact) mass is 561 g/mol. The van der Waals surface area contributed by atoms with Crippen molar-refractivity contribution in [2.75, 3.05) is 38.5 Å². The van der Waals surface area contributed by atoms with Crippen molar-refractivity contribution in [1.29, 1.82) is 0 Å². The van der Waals surface area contributed by atoms with E-state index in [4.69, 9.17) is 4.74 Å². The first-order valence-electron chi connectivity index (χ1n) is 12.8. The summed E-state index contributed by atoms with van der Waals surface area (Å²) in [5, 5.41) is 6.47. The van der Waals surface area contributed by atoms with E-state index in [1.165, 1.54) is 33.0 Å². The van der Waals surface area contributed by atoms with Gasteiger partial charge in [0, 0.05) is 50.1 Å². The molecule has 2 fully saturated rings. The fourth-order valence-electron chi connectivity index (χ4n) is 5.32. The predicted octanol–water partition coefficient (Wildman–Crippen LogP) is 4.78. The quantitative estimate of drug-likeness (QED) is 0.515. The number of rotatable bonds is 6. The van der Waals surface area contributed by atoms with Crippen molar-refractivity contribution in [3.05, 3.63) is 46.8 Å². The predicted molar refractivity (Wildman–Crippen MR) is 132 cm³/mol. The largest absolute Gasteiger partial charge is 0.417 e. The summed E-state index contributed by atoms with van der Waals surface area (Å²) in [5.41, 5.74) is -2.42. The van der Waals surface area contributed by atoms with Crippen LogP contribution in [0.4, 0.5) is 32.0 Å². The zero-order valence-corrected chi connectivity index (χ0v) is 22.5.